The van der Waals surface area contributed by atoms with Gasteiger partial charge in [0.25, 0.3) is 5.91 Å². The van der Waals surface area contributed by atoms with Crippen LogP contribution in [0.2, 0.25) is 0 Å². The summed E-state index contributed by atoms with van der Waals surface area (Å²) < 4.78 is 11.3. The third kappa shape index (κ3) is 14.3. The van der Waals surface area contributed by atoms with Crippen molar-refractivity contribution in [2.45, 2.75) is 122 Å². The van der Waals surface area contributed by atoms with E-state index in [9.17, 15) is 28.8 Å². The summed E-state index contributed by atoms with van der Waals surface area (Å²) in [6.45, 7) is 7.63. The van der Waals surface area contributed by atoms with Gasteiger partial charge in [0.1, 0.15) is 18.4 Å². The van der Waals surface area contributed by atoms with Crippen molar-refractivity contribution in [3.05, 3.63) is 42.5 Å². The van der Waals surface area contributed by atoms with Gasteiger partial charge in [-0.1, -0.05) is 77.3 Å². The first-order valence-corrected chi connectivity index (χ1v) is 20.8. The fourth-order valence-corrected chi connectivity index (χ4v) is 7.58. The van der Waals surface area contributed by atoms with Gasteiger partial charge in [-0.05, 0) is 86.2 Å². The van der Waals surface area contributed by atoms with Crippen LogP contribution in [0.3, 0.4) is 0 Å². The first-order valence-electron chi connectivity index (χ1n) is 20.8. The van der Waals surface area contributed by atoms with E-state index in [1.165, 1.54) is 6.42 Å². The summed E-state index contributed by atoms with van der Waals surface area (Å²) in [6, 6.07) is 11.5. The Morgan fingerprint density at radius 2 is 1.58 bits per heavy atom. The van der Waals surface area contributed by atoms with Gasteiger partial charge in [-0.3, -0.25) is 24.0 Å². The topological polar surface area (TPSA) is 198 Å². The largest absolute Gasteiger partial charge is 0.484 e. The maximum absolute atomic E-state index is 13.7. The molecular formula is C43H64N6O8. The molecule has 2 aromatic carbocycles. The average Bonchev–Trinajstić information content (AvgIpc) is 3.67. The molecule has 14 nitrogen and oxygen atoms in total. The van der Waals surface area contributed by atoms with Gasteiger partial charge in [-0.25, -0.2) is 4.79 Å². The maximum Gasteiger partial charge on any atom is 0.407 e. The number of alkyl carbamates (subject to hydrolysis) is 1. The average molecular weight is 793 g/mol. The van der Waals surface area contributed by atoms with Crippen LogP contribution in [-0.4, -0.2) is 97.4 Å². The smallest absolute Gasteiger partial charge is 0.407 e. The van der Waals surface area contributed by atoms with E-state index >= 15 is 0 Å². The normalized spacial score (nSPS) is 17.5. The molecule has 0 bridgehead atoms. The van der Waals surface area contributed by atoms with Gasteiger partial charge in [0.2, 0.25) is 17.7 Å². The number of hydrogen-bond donors (Lipinski definition) is 5. The highest BCUT2D eigenvalue weighted by Gasteiger charge is 2.36. The molecule has 0 spiro atoms. The van der Waals surface area contributed by atoms with Gasteiger partial charge in [-0.15, -0.1) is 0 Å². The second-order valence-electron chi connectivity index (χ2n) is 16.1. The Morgan fingerprint density at radius 1 is 0.842 bits per heavy atom. The molecule has 1 aliphatic heterocycles. The number of carbonyl (C=O) groups is 6. The molecule has 4 atom stereocenters. The molecule has 4 rings (SSSR count). The van der Waals surface area contributed by atoms with Crippen LogP contribution in [0.25, 0.3) is 10.8 Å². The number of Topliss-reactive ketones (excluding diaryl/α,β-unsaturated/α-hetero) is 1. The molecule has 2 aliphatic rings. The summed E-state index contributed by atoms with van der Waals surface area (Å²) >= 11 is 0. The molecule has 57 heavy (non-hydrogen) atoms. The van der Waals surface area contributed by atoms with Crippen LogP contribution in [0, 0.1) is 17.8 Å². The fourth-order valence-electron chi connectivity index (χ4n) is 7.58. The second kappa shape index (κ2) is 22.9. The third-order valence-corrected chi connectivity index (χ3v) is 11.0. The minimum atomic E-state index is -0.850. The number of hydrogen-bond acceptors (Lipinski definition) is 9. The number of carbonyl (C=O) groups excluding carboxylic acids is 6. The molecule has 14 heteroatoms. The van der Waals surface area contributed by atoms with Gasteiger partial charge in [0, 0.05) is 24.9 Å². The quantitative estimate of drug-likeness (QED) is 0.114. The van der Waals surface area contributed by atoms with Crippen LogP contribution in [-0.2, 0) is 28.7 Å². The summed E-state index contributed by atoms with van der Waals surface area (Å²) in [7, 11) is 0. The lowest BCUT2D eigenvalue weighted by atomic mass is 9.87. The first kappa shape index (κ1) is 45.0. The van der Waals surface area contributed by atoms with Crippen molar-refractivity contribution in [1.82, 2.24) is 26.2 Å². The highest BCUT2D eigenvalue weighted by molar-refractivity contribution is 5.94. The molecule has 0 unspecified atom stereocenters. The predicted octanol–water partition coefficient (Wildman–Crippen LogP) is 4.37. The van der Waals surface area contributed by atoms with E-state index in [1.54, 1.807) is 11.0 Å². The summed E-state index contributed by atoms with van der Waals surface area (Å²) in [5.41, 5.74) is 5.69. The van der Waals surface area contributed by atoms with Crippen LogP contribution < -0.4 is 31.7 Å². The number of rotatable bonds is 21. The monoisotopic (exact) mass is 792 g/mol. The number of benzene rings is 2. The zero-order valence-corrected chi connectivity index (χ0v) is 34.2. The Balaban J connectivity index is 1.27. The van der Waals surface area contributed by atoms with Crippen molar-refractivity contribution in [2.75, 3.05) is 32.8 Å². The van der Waals surface area contributed by atoms with Crippen molar-refractivity contribution in [2.24, 2.45) is 23.5 Å². The first-order chi connectivity index (χ1) is 27.4. The Kier molecular flexibility index (Phi) is 18.1. The molecule has 2 fully saturated rings. The molecule has 0 radical (unpaired) electrons. The Morgan fingerprint density at radius 3 is 2.28 bits per heavy atom. The van der Waals surface area contributed by atoms with Crippen LogP contribution in [0.5, 0.6) is 5.75 Å². The number of fused-ring (bicyclic) bond motifs is 1. The number of amides is 5. The highest BCUT2D eigenvalue weighted by atomic mass is 16.5. The van der Waals surface area contributed by atoms with Gasteiger partial charge in [-0.2, -0.15) is 0 Å². The number of likely N-dealkylation sites (tertiary alicyclic amines) is 1. The molecule has 314 valence electrons. The van der Waals surface area contributed by atoms with E-state index in [0.29, 0.717) is 44.5 Å². The molecule has 2 aromatic rings. The summed E-state index contributed by atoms with van der Waals surface area (Å²) in [5.74, 6) is -2.78. The van der Waals surface area contributed by atoms with Crippen molar-refractivity contribution < 1.29 is 38.2 Å². The Labute approximate surface area is 337 Å². The number of nitrogens with zero attached hydrogens (tertiary/aromatic N) is 1. The predicted molar refractivity (Wildman–Crippen MR) is 218 cm³/mol. The number of ketones is 1. The van der Waals surface area contributed by atoms with E-state index in [0.717, 1.165) is 42.9 Å². The van der Waals surface area contributed by atoms with Gasteiger partial charge in [0.05, 0.1) is 18.6 Å². The standard InChI is InChI=1S/C43H64N6O8/c1-28(2)35(24-37(50)36(18-10-11-21-44)47-39(52)27-56-34-20-19-30-13-8-9-14-31(30)23-34)41(53)45-25-38(51)48-40(29(3)4)42(54)49-22-12-17-33(49)26-57-43(55)46-32-15-6-5-7-16-32/h8-9,13-14,19-20,23,28-29,32-33,35-36,40H,5-7,10-12,15-18,21-22,24-27,44H2,1-4H3,(H,45,53)(H,46,55)(H,47,52)(H,48,51)/t33-,35-,36-,40-/m0/s1. The molecule has 1 saturated carbocycles. The van der Waals surface area contributed by atoms with Crippen molar-refractivity contribution in [3.8, 4) is 5.75 Å². The maximum atomic E-state index is 13.7. The zero-order valence-electron chi connectivity index (χ0n) is 34.2. The van der Waals surface area contributed by atoms with Crippen molar-refractivity contribution in [3.63, 3.8) is 0 Å². The minimum Gasteiger partial charge on any atom is -0.484 e. The summed E-state index contributed by atoms with van der Waals surface area (Å²) in [6.07, 6.45) is 7.68. The number of nitrogens with two attached hydrogens (primary N) is 1. The highest BCUT2D eigenvalue weighted by Crippen LogP contribution is 2.23. The third-order valence-electron chi connectivity index (χ3n) is 11.0. The number of ether oxygens (including phenoxy) is 2. The number of nitrogens with one attached hydrogen (secondary N) is 4. The van der Waals surface area contributed by atoms with E-state index in [1.807, 2.05) is 64.1 Å². The van der Waals surface area contributed by atoms with Crippen LogP contribution in [0.4, 0.5) is 4.79 Å². The molecule has 5 amide bonds. The number of unbranched alkanes of at least 4 members (excludes halogenated alkanes) is 1. The van der Waals surface area contributed by atoms with Gasteiger partial charge >= 0.3 is 6.09 Å². The van der Waals surface area contributed by atoms with Crippen molar-refractivity contribution in [1.29, 1.82) is 0 Å². The van der Waals surface area contributed by atoms with E-state index in [-0.39, 0.29) is 61.8 Å². The van der Waals surface area contributed by atoms with Crippen LogP contribution in [0.1, 0.15) is 98.3 Å². The second-order valence-corrected chi connectivity index (χ2v) is 16.1. The van der Waals surface area contributed by atoms with Gasteiger partial charge in [0.15, 0.2) is 12.4 Å². The van der Waals surface area contributed by atoms with E-state index < -0.39 is 41.8 Å². The van der Waals surface area contributed by atoms with Crippen molar-refractivity contribution >= 4 is 46.3 Å². The SMILES string of the molecule is CC(C)[C@H](CC(=O)[C@H](CCCCN)NC(=O)COc1ccc2ccccc2c1)C(=O)NCC(=O)N[C@H](C(=O)N1CCC[C@H]1COC(=O)NC1CCCCC1)C(C)C. The molecule has 0 aromatic heterocycles. The molecule has 6 N–H and O–H groups in total. The van der Waals surface area contributed by atoms with E-state index in [2.05, 4.69) is 21.3 Å². The zero-order chi connectivity index (χ0) is 41.3. The van der Waals surface area contributed by atoms with Crippen LogP contribution in [0.15, 0.2) is 42.5 Å². The lowest BCUT2D eigenvalue weighted by Gasteiger charge is -2.31. The van der Waals surface area contributed by atoms with Crippen LogP contribution >= 0.6 is 0 Å². The molecule has 1 saturated heterocycles. The lowest BCUT2D eigenvalue weighted by molar-refractivity contribution is -0.139. The molecule has 1 aliphatic carbocycles. The van der Waals surface area contributed by atoms with E-state index in [4.69, 9.17) is 15.2 Å². The summed E-state index contributed by atoms with van der Waals surface area (Å²) in [5, 5.41) is 13.2. The lowest BCUT2D eigenvalue weighted by Crippen LogP contribution is -2.55. The molecular weight excluding hydrogens is 729 g/mol. The Hall–Kier alpha value is -4.72. The van der Waals surface area contributed by atoms with Gasteiger partial charge < -0.3 is 41.4 Å². The fraction of sp³-hybridized carbons (Fsp3) is 0.628. The Bertz CT molecular complexity index is 1660. The summed E-state index contributed by atoms with van der Waals surface area (Å²) in [4.78, 5) is 81.1. The minimum absolute atomic E-state index is 0.0745. The molecule has 1 heterocycles.